The summed E-state index contributed by atoms with van der Waals surface area (Å²) in [5, 5.41) is 9.47. The van der Waals surface area contributed by atoms with Gasteiger partial charge in [-0.25, -0.2) is 23.1 Å². The molecule has 0 aliphatic heterocycles. The van der Waals surface area contributed by atoms with Crippen molar-refractivity contribution in [1.29, 1.82) is 0 Å². The first-order chi connectivity index (χ1) is 19.4. The van der Waals surface area contributed by atoms with E-state index >= 15 is 0 Å². The van der Waals surface area contributed by atoms with Gasteiger partial charge < -0.3 is 19.5 Å². The lowest BCUT2D eigenvalue weighted by atomic mass is 10.1. The third-order valence-electron chi connectivity index (χ3n) is 5.43. The predicted octanol–water partition coefficient (Wildman–Crippen LogP) is 5.49. The van der Waals surface area contributed by atoms with Crippen molar-refractivity contribution in [2.24, 2.45) is 0 Å². The van der Waals surface area contributed by atoms with E-state index in [0.29, 0.717) is 30.6 Å². The molecule has 1 heterocycles. The molecule has 0 aliphatic carbocycles. The molecule has 10 nitrogen and oxygen atoms in total. The van der Waals surface area contributed by atoms with Crippen LogP contribution in [0.3, 0.4) is 0 Å². The zero-order valence-electron chi connectivity index (χ0n) is 23.5. The summed E-state index contributed by atoms with van der Waals surface area (Å²) < 4.78 is 46.0. The molecule has 0 saturated heterocycles. The minimum absolute atomic E-state index is 0.0381. The quantitative estimate of drug-likeness (QED) is 0.292. The van der Waals surface area contributed by atoms with Crippen LogP contribution in [0.4, 0.5) is 24.1 Å². The maximum absolute atomic E-state index is 14.8. The molecule has 0 unspecified atom stereocenters. The zero-order valence-corrected chi connectivity index (χ0v) is 23.5. The molecular weight excluding hydrogens is 538 g/mol. The SMILES string of the molecule is CCOC(=O)Nc1cccc(Cn2nc(-c3cc(F)c(OCCCCNC(=O)OC(C)(C)C)c(F)c3)ccc2=O)c1. The van der Waals surface area contributed by atoms with E-state index in [4.69, 9.17) is 14.2 Å². The van der Waals surface area contributed by atoms with E-state index in [1.54, 1.807) is 52.0 Å². The van der Waals surface area contributed by atoms with Crippen LogP contribution in [-0.2, 0) is 16.0 Å². The normalized spacial score (nSPS) is 11.1. The van der Waals surface area contributed by atoms with Crippen molar-refractivity contribution >= 4 is 17.9 Å². The number of hydrogen-bond donors (Lipinski definition) is 2. The lowest BCUT2D eigenvalue weighted by molar-refractivity contribution is 0.0526. The summed E-state index contributed by atoms with van der Waals surface area (Å²) in [7, 11) is 0. The number of unbranched alkanes of at least 4 members (excludes halogenated alkanes) is 1. The fraction of sp³-hybridized carbons (Fsp3) is 0.379. The number of rotatable bonds is 11. The Labute approximate surface area is 236 Å². The van der Waals surface area contributed by atoms with E-state index in [0.717, 1.165) is 16.8 Å². The maximum Gasteiger partial charge on any atom is 0.411 e. The summed E-state index contributed by atoms with van der Waals surface area (Å²) in [6, 6.07) is 11.6. The van der Waals surface area contributed by atoms with Gasteiger partial charge in [-0.05, 0) is 76.4 Å². The minimum Gasteiger partial charge on any atom is -0.488 e. The Morgan fingerprint density at radius 1 is 1.00 bits per heavy atom. The average molecular weight is 573 g/mol. The summed E-state index contributed by atoms with van der Waals surface area (Å²) in [5.41, 5.74) is 0.428. The van der Waals surface area contributed by atoms with Gasteiger partial charge in [0.05, 0.1) is 25.5 Å². The Kier molecular flexibility index (Phi) is 10.8. The van der Waals surface area contributed by atoms with Crippen molar-refractivity contribution in [2.75, 3.05) is 25.1 Å². The van der Waals surface area contributed by atoms with E-state index in [1.807, 2.05) is 0 Å². The Hall–Kier alpha value is -4.48. The van der Waals surface area contributed by atoms with Crippen LogP contribution in [0.1, 0.15) is 46.1 Å². The number of carbonyl (C=O) groups is 2. The van der Waals surface area contributed by atoms with Crippen LogP contribution >= 0.6 is 0 Å². The Balaban J connectivity index is 1.62. The van der Waals surface area contributed by atoms with Gasteiger partial charge in [-0.2, -0.15) is 5.10 Å². The van der Waals surface area contributed by atoms with E-state index in [1.165, 1.54) is 12.1 Å². The summed E-state index contributed by atoms with van der Waals surface area (Å²) in [5.74, 6) is -2.35. The number of alkyl carbamates (subject to hydrolysis) is 1. The van der Waals surface area contributed by atoms with Gasteiger partial charge in [-0.3, -0.25) is 10.1 Å². The number of nitrogens with zero attached hydrogens (tertiary/aromatic N) is 2. The summed E-state index contributed by atoms with van der Waals surface area (Å²) in [6.07, 6.45) is -0.174. The highest BCUT2D eigenvalue weighted by atomic mass is 19.1. The highest BCUT2D eigenvalue weighted by Crippen LogP contribution is 2.28. The molecule has 0 fully saturated rings. The molecule has 3 rings (SSSR count). The van der Waals surface area contributed by atoms with Gasteiger partial charge in [0, 0.05) is 23.9 Å². The molecule has 0 radical (unpaired) electrons. The van der Waals surface area contributed by atoms with Crippen molar-refractivity contribution in [3.63, 3.8) is 0 Å². The first-order valence-electron chi connectivity index (χ1n) is 13.1. The molecule has 2 N–H and O–H groups in total. The van der Waals surface area contributed by atoms with Gasteiger partial charge in [-0.15, -0.1) is 0 Å². The van der Waals surface area contributed by atoms with Gasteiger partial charge in [-0.1, -0.05) is 12.1 Å². The van der Waals surface area contributed by atoms with Crippen LogP contribution in [0.2, 0.25) is 0 Å². The maximum atomic E-state index is 14.8. The predicted molar refractivity (Wildman–Crippen MR) is 149 cm³/mol. The first kappa shape index (κ1) is 31.1. The Morgan fingerprint density at radius 2 is 1.73 bits per heavy atom. The molecule has 0 atom stereocenters. The number of hydrogen-bond acceptors (Lipinski definition) is 7. The molecule has 2 aromatic carbocycles. The molecule has 0 saturated carbocycles. The van der Waals surface area contributed by atoms with Gasteiger partial charge in [0.2, 0.25) is 0 Å². The summed E-state index contributed by atoms with van der Waals surface area (Å²) >= 11 is 0. The van der Waals surface area contributed by atoms with Gasteiger partial charge >= 0.3 is 12.2 Å². The summed E-state index contributed by atoms with van der Waals surface area (Å²) in [4.78, 5) is 35.8. The number of anilines is 1. The number of halogens is 2. The van der Waals surface area contributed by atoms with Crippen molar-refractivity contribution < 1.29 is 32.6 Å². The van der Waals surface area contributed by atoms with Crippen molar-refractivity contribution in [3.8, 4) is 17.0 Å². The van der Waals surface area contributed by atoms with Gasteiger partial charge in [0.25, 0.3) is 5.56 Å². The summed E-state index contributed by atoms with van der Waals surface area (Å²) in [6.45, 7) is 7.62. The number of benzene rings is 2. The van der Waals surface area contributed by atoms with Crippen LogP contribution in [-0.4, -0.2) is 47.3 Å². The second-order valence-corrected chi connectivity index (χ2v) is 10.0. The molecule has 220 valence electrons. The zero-order chi connectivity index (χ0) is 30.0. The Bertz CT molecular complexity index is 1400. The van der Waals surface area contributed by atoms with Crippen LogP contribution in [0.5, 0.6) is 5.75 Å². The molecule has 0 bridgehead atoms. The molecule has 0 spiro atoms. The van der Waals surface area contributed by atoms with E-state index in [9.17, 15) is 23.2 Å². The first-order valence-corrected chi connectivity index (χ1v) is 13.1. The third-order valence-corrected chi connectivity index (χ3v) is 5.43. The van der Waals surface area contributed by atoms with E-state index in [-0.39, 0.29) is 31.0 Å². The highest BCUT2D eigenvalue weighted by molar-refractivity contribution is 5.84. The largest absolute Gasteiger partial charge is 0.488 e. The van der Waals surface area contributed by atoms with Crippen LogP contribution in [0, 0.1) is 11.6 Å². The fourth-order valence-electron chi connectivity index (χ4n) is 3.67. The topological polar surface area (TPSA) is 121 Å². The monoisotopic (exact) mass is 572 g/mol. The third kappa shape index (κ3) is 9.89. The number of amides is 2. The number of carbonyl (C=O) groups excluding carboxylic acids is 2. The second kappa shape index (κ2) is 14.2. The highest BCUT2D eigenvalue weighted by Gasteiger charge is 2.17. The second-order valence-electron chi connectivity index (χ2n) is 10.0. The van der Waals surface area contributed by atoms with Gasteiger partial charge in [0.15, 0.2) is 17.4 Å². The van der Waals surface area contributed by atoms with Crippen LogP contribution in [0.25, 0.3) is 11.3 Å². The van der Waals surface area contributed by atoms with Crippen LogP contribution in [0.15, 0.2) is 53.3 Å². The molecule has 12 heteroatoms. The Morgan fingerprint density at radius 3 is 2.41 bits per heavy atom. The molecule has 2 amide bonds. The molecule has 3 aromatic rings. The smallest absolute Gasteiger partial charge is 0.411 e. The number of nitrogens with one attached hydrogen (secondary N) is 2. The molecule has 1 aromatic heterocycles. The van der Waals surface area contributed by atoms with E-state index < -0.39 is 40.7 Å². The van der Waals surface area contributed by atoms with Crippen molar-refractivity contribution in [1.82, 2.24) is 15.1 Å². The number of ether oxygens (including phenoxy) is 3. The number of aromatic nitrogens is 2. The van der Waals surface area contributed by atoms with Gasteiger partial charge in [0.1, 0.15) is 5.60 Å². The van der Waals surface area contributed by atoms with E-state index in [2.05, 4.69) is 15.7 Å². The fourth-order valence-corrected chi connectivity index (χ4v) is 3.67. The standard InChI is InChI=1S/C29H34F2N4O6/c1-5-39-28(38)33-21-10-8-9-19(15-21)18-35-25(36)12-11-24(34-35)20-16-22(30)26(23(31)17-20)40-14-7-6-13-32-27(37)41-29(2,3)4/h8-12,15-17H,5-7,13-14,18H2,1-4H3,(H,32,37)(H,33,38). The molecular formula is C29H34F2N4O6. The minimum atomic E-state index is -0.913. The molecule has 41 heavy (non-hydrogen) atoms. The van der Waals surface area contributed by atoms with Crippen molar-refractivity contribution in [2.45, 2.75) is 52.7 Å². The lowest BCUT2D eigenvalue weighted by Crippen LogP contribution is -2.33. The average Bonchev–Trinajstić information content (AvgIpc) is 2.88. The van der Waals surface area contributed by atoms with Crippen LogP contribution < -0.4 is 20.9 Å². The molecule has 0 aliphatic rings. The lowest BCUT2D eigenvalue weighted by Gasteiger charge is -2.19. The van der Waals surface area contributed by atoms with Crippen molar-refractivity contribution in [3.05, 3.63) is 76.1 Å².